The number of ether oxygens (including phenoxy) is 1. The summed E-state index contributed by atoms with van der Waals surface area (Å²) in [5, 5.41) is 3.45. The monoisotopic (exact) mass is 484 g/mol. The van der Waals surface area contributed by atoms with E-state index in [2.05, 4.69) is 5.32 Å². The van der Waals surface area contributed by atoms with E-state index in [1.165, 1.54) is 0 Å². The number of nitrogens with zero attached hydrogens (tertiary/aromatic N) is 1. The molecule has 0 saturated heterocycles. The largest absolute Gasteiger partial charge is 0.467 e. The third-order valence-electron chi connectivity index (χ3n) is 5.56. The van der Waals surface area contributed by atoms with Crippen molar-refractivity contribution in [1.29, 1.82) is 0 Å². The van der Waals surface area contributed by atoms with E-state index in [1.807, 2.05) is 36.4 Å². The van der Waals surface area contributed by atoms with Gasteiger partial charge in [0.25, 0.3) is 11.8 Å². The zero-order valence-corrected chi connectivity index (χ0v) is 19.4. The van der Waals surface area contributed by atoms with Gasteiger partial charge in [-0.25, -0.2) is 0 Å². The summed E-state index contributed by atoms with van der Waals surface area (Å²) in [5.41, 5.74) is 2.89. The molecule has 5 rings (SSSR count). The first-order valence-electron chi connectivity index (χ1n) is 11.0. The summed E-state index contributed by atoms with van der Waals surface area (Å²) in [6.45, 7) is 0.686. The fourth-order valence-corrected chi connectivity index (χ4v) is 3.88. The van der Waals surface area contributed by atoms with Gasteiger partial charge in [0.05, 0.1) is 25.0 Å². The minimum Gasteiger partial charge on any atom is -0.467 e. The van der Waals surface area contributed by atoms with Crippen molar-refractivity contribution in [3.63, 3.8) is 0 Å². The van der Waals surface area contributed by atoms with E-state index in [9.17, 15) is 9.59 Å². The molecule has 0 saturated carbocycles. The quantitative estimate of drug-likeness (QED) is 0.349. The lowest BCUT2D eigenvalue weighted by Crippen LogP contribution is -2.36. The molecule has 0 spiro atoms. The van der Waals surface area contributed by atoms with Gasteiger partial charge in [0.1, 0.15) is 5.76 Å². The van der Waals surface area contributed by atoms with Crippen molar-refractivity contribution >= 4 is 35.2 Å². The van der Waals surface area contributed by atoms with Gasteiger partial charge in [0, 0.05) is 10.6 Å². The van der Waals surface area contributed by atoms with Crippen molar-refractivity contribution in [2.24, 2.45) is 0 Å². The number of carbonyl (C=O) groups is 2. The Morgan fingerprint density at radius 2 is 1.71 bits per heavy atom. The molecule has 3 aromatic carbocycles. The fourth-order valence-electron chi connectivity index (χ4n) is 3.76. The minimum atomic E-state index is -0.251. The SMILES string of the molecule is O=C(NCc1ccco1)c1ccc(C=C2Oc3ccccc3N(Cc3ccc(Cl)cc3)C2=O)cc1. The van der Waals surface area contributed by atoms with Crippen molar-refractivity contribution < 1.29 is 18.7 Å². The molecule has 4 aromatic rings. The van der Waals surface area contributed by atoms with Crippen LogP contribution in [0.2, 0.25) is 5.02 Å². The van der Waals surface area contributed by atoms with Crippen molar-refractivity contribution in [1.82, 2.24) is 5.32 Å². The van der Waals surface area contributed by atoms with Crippen LogP contribution < -0.4 is 15.0 Å². The molecule has 0 radical (unpaired) electrons. The average Bonchev–Trinajstić information content (AvgIpc) is 3.40. The van der Waals surface area contributed by atoms with Crippen LogP contribution in [0.15, 0.2) is 101 Å². The molecule has 0 atom stereocenters. The van der Waals surface area contributed by atoms with Crippen LogP contribution in [0.5, 0.6) is 5.75 Å². The standard InChI is InChI=1S/C28H21ClN2O4/c29-22-13-9-20(10-14-22)18-31-24-5-1-2-6-25(24)35-26(28(31)33)16-19-7-11-21(12-8-19)27(32)30-17-23-4-3-15-34-23/h1-16H,17-18H2,(H,30,32). The Labute approximate surface area is 207 Å². The Balaban J connectivity index is 1.35. The van der Waals surface area contributed by atoms with Crippen LogP contribution in [0.3, 0.4) is 0 Å². The van der Waals surface area contributed by atoms with Gasteiger partial charge in [-0.1, -0.05) is 48.0 Å². The number of amides is 2. The van der Waals surface area contributed by atoms with E-state index in [-0.39, 0.29) is 17.6 Å². The number of carbonyl (C=O) groups excluding carboxylic acids is 2. The Morgan fingerprint density at radius 1 is 0.943 bits per heavy atom. The number of nitrogens with one attached hydrogen (secondary N) is 1. The van der Waals surface area contributed by atoms with Crippen LogP contribution in [0, 0.1) is 0 Å². The molecule has 2 heterocycles. The highest BCUT2D eigenvalue weighted by molar-refractivity contribution is 6.30. The van der Waals surface area contributed by atoms with Gasteiger partial charge in [0.15, 0.2) is 11.5 Å². The molecule has 7 heteroatoms. The lowest BCUT2D eigenvalue weighted by atomic mass is 10.1. The summed E-state index contributed by atoms with van der Waals surface area (Å²) in [5.74, 6) is 1.01. The molecule has 0 bridgehead atoms. The molecule has 35 heavy (non-hydrogen) atoms. The number of fused-ring (bicyclic) bond motifs is 1. The summed E-state index contributed by atoms with van der Waals surface area (Å²) in [6.07, 6.45) is 3.24. The number of benzene rings is 3. The molecule has 6 nitrogen and oxygen atoms in total. The van der Waals surface area contributed by atoms with Crippen LogP contribution >= 0.6 is 11.6 Å². The predicted octanol–water partition coefficient (Wildman–Crippen LogP) is 5.83. The van der Waals surface area contributed by atoms with E-state index in [1.54, 1.807) is 65.8 Å². The number of halogens is 1. The van der Waals surface area contributed by atoms with Gasteiger partial charge in [-0.15, -0.1) is 0 Å². The molecule has 174 valence electrons. The normalized spacial score (nSPS) is 13.9. The minimum absolute atomic E-state index is 0.202. The second-order valence-corrected chi connectivity index (χ2v) is 8.42. The highest BCUT2D eigenvalue weighted by Gasteiger charge is 2.30. The molecule has 0 unspecified atom stereocenters. The maximum atomic E-state index is 13.4. The maximum absolute atomic E-state index is 13.4. The van der Waals surface area contributed by atoms with E-state index in [0.29, 0.717) is 40.9 Å². The number of para-hydroxylation sites is 2. The first-order chi connectivity index (χ1) is 17.1. The van der Waals surface area contributed by atoms with Gasteiger partial charge in [-0.3, -0.25) is 14.5 Å². The Morgan fingerprint density at radius 3 is 2.46 bits per heavy atom. The summed E-state index contributed by atoms with van der Waals surface area (Å²) in [6, 6.07) is 25.3. The highest BCUT2D eigenvalue weighted by Crippen LogP contribution is 2.36. The van der Waals surface area contributed by atoms with Crippen LogP contribution in [0.1, 0.15) is 27.2 Å². The molecule has 2 amide bonds. The topological polar surface area (TPSA) is 71.8 Å². The molecular formula is C28H21ClN2O4. The summed E-state index contributed by atoms with van der Waals surface area (Å²) in [4.78, 5) is 27.5. The third kappa shape index (κ3) is 5.13. The zero-order chi connectivity index (χ0) is 24.2. The van der Waals surface area contributed by atoms with Gasteiger partial charge < -0.3 is 14.5 Å². The number of hydrogen-bond donors (Lipinski definition) is 1. The molecule has 0 aliphatic carbocycles. The third-order valence-corrected chi connectivity index (χ3v) is 5.81. The second kappa shape index (κ2) is 9.91. The van der Waals surface area contributed by atoms with Crippen LogP contribution in [0.4, 0.5) is 5.69 Å². The van der Waals surface area contributed by atoms with Gasteiger partial charge in [-0.05, 0) is 65.7 Å². The number of furan rings is 1. The van der Waals surface area contributed by atoms with Gasteiger partial charge in [0.2, 0.25) is 0 Å². The van der Waals surface area contributed by atoms with Gasteiger partial charge >= 0.3 is 0 Å². The van der Waals surface area contributed by atoms with Crippen molar-refractivity contribution in [2.45, 2.75) is 13.1 Å². The smallest absolute Gasteiger partial charge is 0.294 e. The van der Waals surface area contributed by atoms with Crippen molar-refractivity contribution in [3.05, 3.63) is 124 Å². The second-order valence-electron chi connectivity index (χ2n) is 7.98. The lowest BCUT2D eigenvalue weighted by molar-refractivity contribution is -0.117. The predicted molar refractivity (Wildman–Crippen MR) is 134 cm³/mol. The molecule has 1 aromatic heterocycles. The summed E-state index contributed by atoms with van der Waals surface area (Å²) in [7, 11) is 0. The van der Waals surface area contributed by atoms with Crippen molar-refractivity contribution in [2.75, 3.05) is 4.90 Å². The van der Waals surface area contributed by atoms with E-state index in [0.717, 1.165) is 11.1 Å². The van der Waals surface area contributed by atoms with E-state index >= 15 is 0 Å². The van der Waals surface area contributed by atoms with Crippen LogP contribution in [-0.4, -0.2) is 11.8 Å². The number of hydrogen-bond acceptors (Lipinski definition) is 4. The van der Waals surface area contributed by atoms with Gasteiger partial charge in [-0.2, -0.15) is 0 Å². The fraction of sp³-hybridized carbons (Fsp3) is 0.0714. The first-order valence-corrected chi connectivity index (χ1v) is 11.4. The number of rotatable bonds is 6. The first kappa shape index (κ1) is 22.5. The van der Waals surface area contributed by atoms with Crippen LogP contribution in [-0.2, 0) is 17.9 Å². The highest BCUT2D eigenvalue weighted by atomic mass is 35.5. The molecule has 1 N–H and O–H groups in total. The Hall–Kier alpha value is -4.29. The van der Waals surface area contributed by atoms with Crippen LogP contribution in [0.25, 0.3) is 6.08 Å². The summed E-state index contributed by atoms with van der Waals surface area (Å²) < 4.78 is 11.2. The van der Waals surface area contributed by atoms with E-state index < -0.39 is 0 Å². The zero-order valence-electron chi connectivity index (χ0n) is 18.6. The maximum Gasteiger partial charge on any atom is 0.294 e. The molecular weight excluding hydrogens is 464 g/mol. The molecule has 1 aliphatic rings. The Bertz CT molecular complexity index is 1380. The Kier molecular flexibility index (Phi) is 6.37. The molecule has 1 aliphatic heterocycles. The summed E-state index contributed by atoms with van der Waals surface area (Å²) >= 11 is 6.01. The lowest BCUT2D eigenvalue weighted by Gasteiger charge is -2.30. The average molecular weight is 485 g/mol. The van der Waals surface area contributed by atoms with E-state index in [4.69, 9.17) is 20.8 Å². The molecule has 0 fully saturated rings. The number of anilines is 1. The van der Waals surface area contributed by atoms with Crippen molar-refractivity contribution in [3.8, 4) is 5.75 Å².